The molecule has 1 radical (unpaired) electrons. The molecule has 8 aromatic rings. The molecule has 4 heteroatoms. The SMILES string of the molecule is Cc1cc(-c2[c-]cc3oc4ccccc4c3c2)ncc1-c1ccccc1.[Ir].[c-]1ccccc1-c1ccc(Cc2ccccc2)cn1. The van der Waals surface area contributed by atoms with Gasteiger partial charge in [-0.15, -0.1) is 59.7 Å². The Kier molecular flexibility index (Phi) is 9.59. The molecule has 0 aliphatic rings. The molecule has 0 saturated heterocycles. The van der Waals surface area contributed by atoms with E-state index in [1.54, 1.807) is 0 Å². The zero-order chi connectivity index (χ0) is 30.4. The van der Waals surface area contributed by atoms with Gasteiger partial charge in [0, 0.05) is 43.4 Å². The molecule has 46 heavy (non-hydrogen) atoms. The molecule has 3 heterocycles. The van der Waals surface area contributed by atoms with Gasteiger partial charge in [0.1, 0.15) is 5.58 Å². The van der Waals surface area contributed by atoms with Crippen LogP contribution in [0.15, 0.2) is 156 Å². The zero-order valence-electron chi connectivity index (χ0n) is 25.3. The Hall–Kier alpha value is -5.15. The molecule has 0 aliphatic carbocycles. The summed E-state index contributed by atoms with van der Waals surface area (Å²) >= 11 is 0. The molecular weight excluding hydrogens is 741 g/mol. The average molecular weight is 771 g/mol. The van der Waals surface area contributed by atoms with E-state index in [9.17, 15) is 0 Å². The zero-order valence-corrected chi connectivity index (χ0v) is 27.7. The van der Waals surface area contributed by atoms with Crippen molar-refractivity contribution in [2.45, 2.75) is 13.3 Å². The van der Waals surface area contributed by atoms with E-state index in [0.29, 0.717) is 0 Å². The molecule has 0 bridgehead atoms. The van der Waals surface area contributed by atoms with Crippen molar-refractivity contribution < 1.29 is 24.5 Å². The summed E-state index contributed by atoms with van der Waals surface area (Å²) in [5.74, 6) is 0. The van der Waals surface area contributed by atoms with Crippen LogP contribution in [0, 0.1) is 19.1 Å². The van der Waals surface area contributed by atoms with Gasteiger partial charge in [0.15, 0.2) is 0 Å². The third kappa shape index (κ3) is 6.89. The molecule has 0 saturated carbocycles. The van der Waals surface area contributed by atoms with E-state index < -0.39 is 0 Å². The summed E-state index contributed by atoms with van der Waals surface area (Å²) in [5, 5.41) is 2.22. The van der Waals surface area contributed by atoms with Crippen LogP contribution in [-0.4, -0.2) is 9.97 Å². The first-order valence-electron chi connectivity index (χ1n) is 15.0. The molecular formula is C42H30IrN2O-2. The normalized spacial score (nSPS) is 10.6. The third-order valence-corrected chi connectivity index (χ3v) is 7.84. The molecule has 8 rings (SSSR count). The minimum atomic E-state index is 0. The van der Waals surface area contributed by atoms with Gasteiger partial charge in [-0.2, -0.15) is 0 Å². The minimum Gasteiger partial charge on any atom is -0.500 e. The van der Waals surface area contributed by atoms with Gasteiger partial charge in [0.25, 0.3) is 0 Å². The van der Waals surface area contributed by atoms with Crippen LogP contribution >= 0.6 is 0 Å². The second kappa shape index (κ2) is 14.3. The molecule has 3 aromatic heterocycles. The predicted molar refractivity (Wildman–Crippen MR) is 184 cm³/mol. The van der Waals surface area contributed by atoms with Crippen LogP contribution in [0.2, 0.25) is 0 Å². The standard InChI is InChI=1S/C24H16NO.C18H14N.Ir/c1-16-13-22(25-15-21(16)17-7-3-2-4-8-17)18-11-12-24-20(14-18)19-9-5-6-10-23(19)26-24;1-3-7-15(8-4-1)13-16-11-12-18(19-14-16)17-9-5-2-6-10-17;/h2-10,12-15H,1H3;1-9,11-12,14H,13H2;/q2*-1;. The van der Waals surface area contributed by atoms with Crippen molar-refractivity contribution in [1.82, 2.24) is 9.97 Å². The number of nitrogens with zero attached hydrogens (tertiary/aromatic N) is 2. The Balaban J connectivity index is 0.000000166. The van der Waals surface area contributed by atoms with Crippen molar-refractivity contribution in [3.8, 4) is 33.6 Å². The maximum Gasteiger partial charge on any atom is 0.120 e. The van der Waals surface area contributed by atoms with Gasteiger partial charge in [-0.3, -0.25) is 0 Å². The van der Waals surface area contributed by atoms with E-state index in [1.807, 2.05) is 73.1 Å². The van der Waals surface area contributed by atoms with Crippen molar-refractivity contribution in [3.05, 3.63) is 181 Å². The fourth-order valence-corrected chi connectivity index (χ4v) is 5.51. The number of benzene rings is 5. The van der Waals surface area contributed by atoms with Crippen LogP contribution < -0.4 is 0 Å². The number of hydrogen-bond donors (Lipinski definition) is 0. The van der Waals surface area contributed by atoms with Gasteiger partial charge in [-0.1, -0.05) is 102 Å². The fraction of sp³-hybridized carbons (Fsp3) is 0.0476. The maximum absolute atomic E-state index is 5.89. The summed E-state index contributed by atoms with van der Waals surface area (Å²) in [7, 11) is 0. The molecule has 225 valence electrons. The van der Waals surface area contributed by atoms with Gasteiger partial charge in [0.05, 0.1) is 5.58 Å². The molecule has 0 atom stereocenters. The van der Waals surface area contributed by atoms with Gasteiger partial charge in [0.2, 0.25) is 0 Å². The summed E-state index contributed by atoms with van der Waals surface area (Å²) < 4.78 is 5.89. The molecule has 0 amide bonds. The first-order valence-corrected chi connectivity index (χ1v) is 15.0. The van der Waals surface area contributed by atoms with E-state index in [2.05, 4.69) is 103 Å². The average Bonchev–Trinajstić information content (AvgIpc) is 3.48. The minimum absolute atomic E-state index is 0. The first-order chi connectivity index (χ1) is 22.2. The van der Waals surface area contributed by atoms with Crippen LogP contribution in [0.1, 0.15) is 16.7 Å². The molecule has 0 aliphatic heterocycles. The number of furan rings is 1. The van der Waals surface area contributed by atoms with Crippen molar-refractivity contribution in [2.75, 3.05) is 0 Å². The predicted octanol–water partition coefficient (Wildman–Crippen LogP) is 10.6. The quantitative estimate of drug-likeness (QED) is 0.164. The molecule has 0 spiro atoms. The number of aryl methyl sites for hydroxylation is 1. The third-order valence-electron chi connectivity index (χ3n) is 7.84. The van der Waals surface area contributed by atoms with Crippen LogP contribution in [0.3, 0.4) is 0 Å². The second-order valence-electron chi connectivity index (χ2n) is 11.0. The summed E-state index contributed by atoms with van der Waals surface area (Å²) in [5.41, 5.74) is 11.7. The van der Waals surface area contributed by atoms with Crippen LogP contribution in [0.4, 0.5) is 0 Å². The molecule has 0 N–H and O–H groups in total. The maximum atomic E-state index is 5.89. The van der Waals surface area contributed by atoms with Crippen molar-refractivity contribution in [2.24, 2.45) is 0 Å². The monoisotopic (exact) mass is 771 g/mol. The van der Waals surface area contributed by atoms with E-state index in [0.717, 1.165) is 56.4 Å². The smallest absolute Gasteiger partial charge is 0.120 e. The molecule has 0 unspecified atom stereocenters. The van der Waals surface area contributed by atoms with Crippen molar-refractivity contribution >= 4 is 21.9 Å². The van der Waals surface area contributed by atoms with Crippen LogP contribution in [0.5, 0.6) is 0 Å². The Morgan fingerprint density at radius 1 is 0.587 bits per heavy atom. The van der Waals surface area contributed by atoms with E-state index in [4.69, 9.17) is 9.40 Å². The van der Waals surface area contributed by atoms with E-state index in [1.165, 1.54) is 22.3 Å². The summed E-state index contributed by atoms with van der Waals surface area (Å²) in [4.78, 5) is 9.21. The van der Waals surface area contributed by atoms with Gasteiger partial charge in [-0.25, -0.2) is 0 Å². The molecule has 0 fully saturated rings. The second-order valence-corrected chi connectivity index (χ2v) is 11.0. The van der Waals surface area contributed by atoms with Crippen LogP contribution in [-0.2, 0) is 26.5 Å². The fourth-order valence-electron chi connectivity index (χ4n) is 5.51. The topological polar surface area (TPSA) is 38.9 Å². The number of rotatable bonds is 5. The summed E-state index contributed by atoms with van der Waals surface area (Å²) in [6.07, 6.45) is 4.82. The summed E-state index contributed by atoms with van der Waals surface area (Å²) in [6, 6.07) is 53.7. The van der Waals surface area contributed by atoms with Gasteiger partial charge < -0.3 is 14.4 Å². The van der Waals surface area contributed by atoms with Gasteiger partial charge in [-0.05, 0) is 53.1 Å². The molecule has 3 nitrogen and oxygen atoms in total. The van der Waals surface area contributed by atoms with Gasteiger partial charge >= 0.3 is 0 Å². The number of hydrogen-bond acceptors (Lipinski definition) is 3. The van der Waals surface area contributed by atoms with Crippen molar-refractivity contribution in [3.63, 3.8) is 0 Å². The number of aromatic nitrogens is 2. The molecule has 5 aromatic carbocycles. The number of para-hydroxylation sites is 1. The van der Waals surface area contributed by atoms with Crippen molar-refractivity contribution in [1.29, 1.82) is 0 Å². The Morgan fingerprint density at radius 2 is 1.33 bits per heavy atom. The first kappa shape index (κ1) is 30.9. The van der Waals surface area contributed by atoms with Crippen LogP contribution in [0.25, 0.3) is 55.6 Å². The largest absolute Gasteiger partial charge is 0.500 e. The van der Waals surface area contributed by atoms with E-state index >= 15 is 0 Å². The number of fused-ring (bicyclic) bond motifs is 3. The Labute approximate surface area is 283 Å². The Bertz CT molecular complexity index is 2180. The Morgan fingerprint density at radius 3 is 2.07 bits per heavy atom. The summed E-state index contributed by atoms with van der Waals surface area (Å²) in [6.45, 7) is 2.12. The number of pyridine rings is 2. The van der Waals surface area contributed by atoms with E-state index in [-0.39, 0.29) is 20.1 Å².